The van der Waals surface area contributed by atoms with Gasteiger partial charge in [0.25, 0.3) is 0 Å². The zero-order valence-electron chi connectivity index (χ0n) is 16.9. The Labute approximate surface area is 166 Å². The van der Waals surface area contributed by atoms with Gasteiger partial charge in [0.05, 0.1) is 23.8 Å². The van der Waals surface area contributed by atoms with Gasteiger partial charge in [-0.15, -0.1) is 0 Å². The summed E-state index contributed by atoms with van der Waals surface area (Å²) in [4.78, 5) is 7.39. The van der Waals surface area contributed by atoms with Crippen LogP contribution in [-0.4, -0.2) is 45.6 Å². The van der Waals surface area contributed by atoms with E-state index in [9.17, 15) is 0 Å². The van der Waals surface area contributed by atoms with Gasteiger partial charge in [-0.2, -0.15) is 0 Å². The molecule has 5 heteroatoms. The van der Waals surface area contributed by atoms with Gasteiger partial charge >= 0.3 is 0 Å². The SMILES string of the molecule is CCN(CC)CCCn1c(-c2ccc(OC)cc2)cn2c3ccccc3nc12. The van der Waals surface area contributed by atoms with Crippen molar-refractivity contribution in [3.63, 3.8) is 0 Å². The first-order valence-corrected chi connectivity index (χ1v) is 10.1. The van der Waals surface area contributed by atoms with Crippen LogP contribution in [0, 0.1) is 0 Å². The van der Waals surface area contributed by atoms with E-state index in [1.54, 1.807) is 7.11 Å². The Balaban J connectivity index is 1.75. The van der Waals surface area contributed by atoms with Crippen LogP contribution < -0.4 is 4.74 Å². The summed E-state index contributed by atoms with van der Waals surface area (Å²) in [6.07, 6.45) is 3.31. The summed E-state index contributed by atoms with van der Waals surface area (Å²) in [6.45, 7) is 8.67. The third-order valence-corrected chi connectivity index (χ3v) is 5.50. The Hall–Kier alpha value is -2.79. The normalized spacial score (nSPS) is 11.7. The molecule has 0 radical (unpaired) electrons. The topological polar surface area (TPSA) is 34.7 Å². The molecule has 0 bridgehead atoms. The van der Waals surface area contributed by atoms with E-state index in [1.807, 2.05) is 18.2 Å². The molecule has 2 heterocycles. The molecule has 2 aromatic carbocycles. The summed E-state index contributed by atoms with van der Waals surface area (Å²) < 4.78 is 9.89. The molecule has 146 valence electrons. The predicted octanol–water partition coefficient (Wildman–Crippen LogP) is 4.70. The summed E-state index contributed by atoms with van der Waals surface area (Å²) in [5, 5.41) is 0. The van der Waals surface area contributed by atoms with E-state index in [1.165, 1.54) is 11.3 Å². The van der Waals surface area contributed by atoms with Gasteiger partial charge in [-0.05, 0) is 62.5 Å². The number of hydrogen-bond donors (Lipinski definition) is 0. The fourth-order valence-corrected chi connectivity index (χ4v) is 3.85. The molecule has 2 aromatic heterocycles. The maximum Gasteiger partial charge on any atom is 0.215 e. The van der Waals surface area contributed by atoms with Crippen molar-refractivity contribution in [1.82, 2.24) is 18.9 Å². The van der Waals surface area contributed by atoms with Gasteiger partial charge in [0.1, 0.15) is 5.75 Å². The predicted molar refractivity (Wildman–Crippen MR) is 115 cm³/mol. The Bertz CT molecular complexity index is 1060. The van der Waals surface area contributed by atoms with Gasteiger partial charge in [0.15, 0.2) is 0 Å². The molecule has 0 N–H and O–H groups in total. The summed E-state index contributed by atoms with van der Waals surface area (Å²) in [5.74, 6) is 1.88. The van der Waals surface area contributed by atoms with E-state index >= 15 is 0 Å². The van der Waals surface area contributed by atoms with E-state index in [0.29, 0.717) is 0 Å². The minimum atomic E-state index is 0.874. The van der Waals surface area contributed by atoms with Crippen molar-refractivity contribution in [2.45, 2.75) is 26.8 Å². The monoisotopic (exact) mass is 376 g/mol. The lowest BCUT2D eigenvalue weighted by atomic mass is 10.1. The maximum absolute atomic E-state index is 5.32. The van der Waals surface area contributed by atoms with E-state index in [0.717, 1.165) is 55.2 Å². The number of para-hydroxylation sites is 2. The van der Waals surface area contributed by atoms with Gasteiger partial charge in [-0.25, -0.2) is 4.98 Å². The van der Waals surface area contributed by atoms with Crippen molar-refractivity contribution >= 4 is 16.8 Å². The van der Waals surface area contributed by atoms with Crippen molar-refractivity contribution in [3.8, 4) is 17.0 Å². The lowest BCUT2D eigenvalue weighted by Gasteiger charge is -2.18. The van der Waals surface area contributed by atoms with Crippen LogP contribution in [-0.2, 0) is 6.54 Å². The number of aryl methyl sites for hydroxylation is 1. The summed E-state index contributed by atoms with van der Waals surface area (Å²) in [6, 6.07) is 16.6. The van der Waals surface area contributed by atoms with Crippen LogP contribution in [0.25, 0.3) is 28.1 Å². The first kappa shape index (κ1) is 18.6. The molecule has 0 fully saturated rings. The fourth-order valence-electron chi connectivity index (χ4n) is 3.85. The molecule has 4 aromatic rings. The molecule has 0 aliphatic heterocycles. The Kier molecular flexibility index (Phi) is 5.35. The van der Waals surface area contributed by atoms with Crippen molar-refractivity contribution in [2.24, 2.45) is 0 Å². The van der Waals surface area contributed by atoms with E-state index < -0.39 is 0 Å². The molecule has 5 nitrogen and oxygen atoms in total. The highest BCUT2D eigenvalue weighted by Crippen LogP contribution is 2.28. The number of rotatable bonds is 8. The molecule has 0 spiro atoms. The van der Waals surface area contributed by atoms with Crippen molar-refractivity contribution in [3.05, 3.63) is 54.7 Å². The number of methoxy groups -OCH3 is 1. The summed E-state index contributed by atoms with van der Waals surface area (Å²) in [7, 11) is 1.70. The standard InChI is InChI=1S/C23H28N4O/c1-4-25(5-2)15-8-16-26-22(18-11-13-19(28-3)14-12-18)17-27-21-10-7-6-9-20(21)24-23(26)27/h6-7,9-14,17H,4-5,8,15-16H2,1-3H3. The Morgan fingerprint density at radius 3 is 2.46 bits per heavy atom. The van der Waals surface area contributed by atoms with Gasteiger partial charge in [-0.1, -0.05) is 26.0 Å². The molecule has 0 saturated carbocycles. The van der Waals surface area contributed by atoms with E-state index in [4.69, 9.17) is 9.72 Å². The zero-order valence-corrected chi connectivity index (χ0v) is 16.9. The van der Waals surface area contributed by atoms with Crippen molar-refractivity contribution < 1.29 is 4.74 Å². The molecule has 0 unspecified atom stereocenters. The lowest BCUT2D eigenvalue weighted by molar-refractivity contribution is 0.294. The van der Waals surface area contributed by atoms with Crippen molar-refractivity contribution in [2.75, 3.05) is 26.7 Å². The largest absolute Gasteiger partial charge is 0.497 e. The number of ether oxygens (including phenoxy) is 1. The molecule has 4 rings (SSSR count). The Morgan fingerprint density at radius 2 is 1.75 bits per heavy atom. The molecular weight excluding hydrogens is 348 g/mol. The first-order chi connectivity index (χ1) is 13.7. The molecule has 0 aliphatic carbocycles. The third kappa shape index (κ3) is 3.38. The highest BCUT2D eigenvalue weighted by molar-refractivity contribution is 5.81. The van der Waals surface area contributed by atoms with Crippen LogP contribution in [0.15, 0.2) is 54.7 Å². The molecular formula is C23H28N4O. The van der Waals surface area contributed by atoms with Gasteiger partial charge < -0.3 is 14.2 Å². The molecule has 0 amide bonds. The van der Waals surface area contributed by atoms with Crippen molar-refractivity contribution in [1.29, 1.82) is 0 Å². The minimum Gasteiger partial charge on any atom is -0.497 e. The van der Waals surface area contributed by atoms with Crippen LogP contribution in [0.5, 0.6) is 5.75 Å². The fraction of sp³-hybridized carbons (Fsp3) is 0.348. The average molecular weight is 377 g/mol. The zero-order chi connectivity index (χ0) is 19.5. The van der Waals surface area contributed by atoms with E-state index in [2.05, 4.69) is 64.2 Å². The second kappa shape index (κ2) is 8.07. The number of fused-ring (bicyclic) bond motifs is 3. The number of imidazole rings is 2. The summed E-state index contributed by atoms with van der Waals surface area (Å²) >= 11 is 0. The number of aromatic nitrogens is 3. The second-order valence-electron chi connectivity index (χ2n) is 7.05. The minimum absolute atomic E-state index is 0.874. The molecule has 0 saturated heterocycles. The quantitative estimate of drug-likeness (QED) is 0.447. The summed E-state index contributed by atoms with van der Waals surface area (Å²) in [5.41, 5.74) is 4.56. The number of hydrogen-bond acceptors (Lipinski definition) is 3. The molecule has 28 heavy (non-hydrogen) atoms. The van der Waals surface area contributed by atoms with E-state index in [-0.39, 0.29) is 0 Å². The van der Waals surface area contributed by atoms with Crippen LogP contribution in [0.1, 0.15) is 20.3 Å². The lowest BCUT2D eigenvalue weighted by Crippen LogP contribution is -2.24. The van der Waals surface area contributed by atoms with Gasteiger partial charge in [-0.3, -0.25) is 4.40 Å². The van der Waals surface area contributed by atoms with Crippen LogP contribution in [0.4, 0.5) is 0 Å². The molecule has 0 aliphatic rings. The second-order valence-corrected chi connectivity index (χ2v) is 7.05. The smallest absolute Gasteiger partial charge is 0.215 e. The van der Waals surface area contributed by atoms with Gasteiger partial charge in [0.2, 0.25) is 5.78 Å². The van der Waals surface area contributed by atoms with Crippen LogP contribution in [0.2, 0.25) is 0 Å². The Morgan fingerprint density at radius 1 is 1.00 bits per heavy atom. The molecule has 0 atom stereocenters. The van der Waals surface area contributed by atoms with Crippen LogP contribution in [0.3, 0.4) is 0 Å². The highest BCUT2D eigenvalue weighted by Gasteiger charge is 2.15. The maximum atomic E-state index is 5.32. The first-order valence-electron chi connectivity index (χ1n) is 10.1. The number of nitrogens with zero attached hydrogens (tertiary/aromatic N) is 4. The average Bonchev–Trinajstić information content (AvgIpc) is 3.28. The highest BCUT2D eigenvalue weighted by atomic mass is 16.5. The number of benzene rings is 2. The van der Waals surface area contributed by atoms with Gasteiger partial charge in [0, 0.05) is 18.3 Å². The van der Waals surface area contributed by atoms with Crippen LogP contribution >= 0.6 is 0 Å². The third-order valence-electron chi connectivity index (χ3n) is 5.50.